The van der Waals surface area contributed by atoms with Gasteiger partial charge >= 0.3 is 5.69 Å². The molecule has 1 aromatic heterocycles. The first-order valence-electron chi connectivity index (χ1n) is 8.48. The number of hydrogen-bond donors (Lipinski definition) is 4. The summed E-state index contributed by atoms with van der Waals surface area (Å²) in [4.78, 5) is 28.0. The van der Waals surface area contributed by atoms with Gasteiger partial charge in [-0.1, -0.05) is 30.3 Å². The third-order valence-corrected chi connectivity index (χ3v) is 4.35. The molecule has 0 radical (unpaired) electrons. The number of primary amides is 1. The zero-order valence-corrected chi connectivity index (χ0v) is 14.4. The molecule has 0 spiro atoms. The standard InChI is InChI=1S/C20H18N4O3/c21-19(25)11-27-18-8-5-12-3-1-2-4-14(12)15(18)10-22-13-6-7-16-17(9-13)24-20(26)23-16/h1-9,22H,10-11H2,(H2,21,25)(H2,23,24,26). The molecule has 0 saturated heterocycles. The molecule has 7 nitrogen and oxygen atoms in total. The van der Waals surface area contributed by atoms with Gasteiger partial charge in [-0.15, -0.1) is 0 Å². The van der Waals surface area contributed by atoms with Crippen LogP contribution in [0.5, 0.6) is 5.75 Å². The molecular formula is C20H18N4O3. The average Bonchev–Trinajstić information content (AvgIpc) is 3.04. The van der Waals surface area contributed by atoms with Gasteiger partial charge in [-0.2, -0.15) is 0 Å². The number of carbonyl (C=O) groups is 1. The summed E-state index contributed by atoms with van der Waals surface area (Å²) >= 11 is 0. The molecule has 136 valence electrons. The van der Waals surface area contributed by atoms with Crippen molar-refractivity contribution in [1.29, 1.82) is 0 Å². The Labute approximate surface area is 154 Å². The van der Waals surface area contributed by atoms with Gasteiger partial charge in [-0.3, -0.25) is 4.79 Å². The summed E-state index contributed by atoms with van der Waals surface area (Å²) in [5, 5.41) is 5.46. The molecule has 0 unspecified atom stereocenters. The van der Waals surface area contributed by atoms with Crippen LogP contribution in [0.15, 0.2) is 59.4 Å². The molecule has 0 fully saturated rings. The number of rotatable bonds is 6. The molecule has 0 aliphatic heterocycles. The molecule has 4 aromatic rings. The molecule has 0 atom stereocenters. The van der Waals surface area contributed by atoms with Gasteiger partial charge in [-0.05, 0) is 35.0 Å². The zero-order valence-electron chi connectivity index (χ0n) is 14.4. The molecule has 1 heterocycles. The molecule has 7 heteroatoms. The van der Waals surface area contributed by atoms with E-state index >= 15 is 0 Å². The zero-order chi connectivity index (χ0) is 18.8. The average molecular weight is 362 g/mol. The van der Waals surface area contributed by atoms with E-state index in [0.29, 0.717) is 12.3 Å². The van der Waals surface area contributed by atoms with Gasteiger partial charge in [0.1, 0.15) is 5.75 Å². The van der Waals surface area contributed by atoms with Crippen molar-refractivity contribution < 1.29 is 9.53 Å². The first-order chi connectivity index (χ1) is 13.1. The third kappa shape index (κ3) is 3.48. The number of fused-ring (bicyclic) bond motifs is 2. The summed E-state index contributed by atoms with van der Waals surface area (Å²) in [5.41, 5.74) is 8.24. The summed E-state index contributed by atoms with van der Waals surface area (Å²) in [6.07, 6.45) is 0. The van der Waals surface area contributed by atoms with Crippen molar-refractivity contribution in [3.05, 3.63) is 70.6 Å². The largest absolute Gasteiger partial charge is 0.483 e. The van der Waals surface area contributed by atoms with Gasteiger partial charge < -0.3 is 25.8 Å². The monoisotopic (exact) mass is 362 g/mol. The van der Waals surface area contributed by atoms with E-state index in [4.69, 9.17) is 10.5 Å². The molecule has 5 N–H and O–H groups in total. The SMILES string of the molecule is NC(=O)COc1ccc2ccccc2c1CNc1ccc2[nH]c(=O)[nH]c2c1. The lowest BCUT2D eigenvalue weighted by atomic mass is 10.0. The van der Waals surface area contributed by atoms with E-state index in [1.807, 2.05) is 54.6 Å². The van der Waals surface area contributed by atoms with Crippen molar-refractivity contribution in [1.82, 2.24) is 9.97 Å². The topological polar surface area (TPSA) is 113 Å². The number of benzene rings is 3. The van der Waals surface area contributed by atoms with E-state index in [9.17, 15) is 9.59 Å². The van der Waals surface area contributed by atoms with Crippen LogP contribution in [-0.4, -0.2) is 22.5 Å². The number of aromatic nitrogens is 2. The second-order valence-electron chi connectivity index (χ2n) is 6.21. The molecule has 0 aliphatic rings. The van der Waals surface area contributed by atoms with E-state index in [1.165, 1.54) is 0 Å². The van der Waals surface area contributed by atoms with E-state index in [1.54, 1.807) is 0 Å². The van der Waals surface area contributed by atoms with E-state index in [2.05, 4.69) is 15.3 Å². The molecular weight excluding hydrogens is 344 g/mol. The molecule has 3 aromatic carbocycles. The maximum absolute atomic E-state index is 11.4. The number of amides is 1. The maximum atomic E-state index is 11.4. The lowest BCUT2D eigenvalue weighted by molar-refractivity contribution is -0.119. The van der Waals surface area contributed by atoms with E-state index < -0.39 is 5.91 Å². The number of ether oxygens (including phenoxy) is 1. The van der Waals surface area contributed by atoms with Crippen LogP contribution >= 0.6 is 0 Å². The van der Waals surface area contributed by atoms with Crippen LogP contribution in [0.25, 0.3) is 21.8 Å². The van der Waals surface area contributed by atoms with E-state index in [0.717, 1.165) is 33.1 Å². The molecule has 1 amide bonds. The van der Waals surface area contributed by atoms with Gasteiger partial charge in [0.05, 0.1) is 11.0 Å². The van der Waals surface area contributed by atoms with Crippen molar-refractivity contribution >= 4 is 33.4 Å². The van der Waals surface area contributed by atoms with Gasteiger partial charge in [0, 0.05) is 17.8 Å². The van der Waals surface area contributed by atoms with Crippen LogP contribution in [0.1, 0.15) is 5.56 Å². The normalized spacial score (nSPS) is 11.0. The minimum atomic E-state index is -0.524. The van der Waals surface area contributed by atoms with Crippen LogP contribution in [0.2, 0.25) is 0 Å². The Hall–Kier alpha value is -3.74. The first kappa shape index (κ1) is 16.7. The fourth-order valence-electron chi connectivity index (χ4n) is 3.12. The van der Waals surface area contributed by atoms with Crippen LogP contribution in [0.3, 0.4) is 0 Å². The number of hydrogen-bond acceptors (Lipinski definition) is 4. The number of imidazole rings is 1. The van der Waals surface area contributed by atoms with Crippen molar-refractivity contribution in [2.24, 2.45) is 5.73 Å². The van der Waals surface area contributed by atoms with Crippen molar-refractivity contribution in [2.45, 2.75) is 6.54 Å². The lowest BCUT2D eigenvalue weighted by Crippen LogP contribution is -2.20. The quantitative estimate of drug-likeness (QED) is 0.422. The Morgan fingerprint density at radius 1 is 1.04 bits per heavy atom. The summed E-state index contributed by atoms with van der Waals surface area (Å²) < 4.78 is 5.60. The minimum absolute atomic E-state index is 0.179. The number of H-pyrrole nitrogens is 2. The fraction of sp³-hybridized carbons (Fsp3) is 0.100. The first-order valence-corrected chi connectivity index (χ1v) is 8.48. The Balaban J connectivity index is 1.66. The predicted molar refractivity (Wildman–Crippen MR) is 105 cm³/mol. The molecule has 0 aliphatic carbocycles. The summed E-state index contributed by atoms with van der Waals surface area (Å²) in [7, 11) is 0. The Morgan fingerprint density at radius 2 is 1.85 bits per heavy atom. The van der Waals surface area contributed by atoms with Crippen molar-refractivity contribution in [3.63, 3.8) is 0 Å². The Morgan fingerprint density at radius 3 is 2.70 bits per heavy atom. The molecule has 0 saturated carbocycles. The van der Waals surface area contributed by atoms with Crippen LogP contribution in [0, 0.1) is 0 Å². The van der Waals surface area contributed by atoms with Crippen molar-refractivity contribution in [2.75, 3.05) is 11.9 Å². The number of anilines is 1. The molecule has 4 rings (SSSR count). The molecule has 27 heavy (non-hydrogen) atoms. The highest BCUT2D eigenvalue weighted by atomic mass is 16.5. The van der Waals surface area contributed by atoms with Gasteiger partial charge in [0.15, 0.2) is 6.61 Å². The number of carbonyl (C=O) groups excluding carboxylic acids is 1. The Kier molecular flexibility index (Phi) is 4.25. The highest BCUT2D eigenvalue weighted by Gasteiger charge is 2.10. The van der Waals surface area contributed by atoms with Crippen molar-refractivity contribution in [3.8, 4) is 5.75 Å². The van der Waals surface area contributed by atoms with Crippen LogP contribution in [-0.2, 0) is 11.3 Å². The van der Waals surface area contributed by atoms with Crippen LogP contribution < -0.4 is 21.5 Å². The summed E-state index contributed by atoms with van der Waals surface area (Å²) in [6, 6.07) is 17.3. The second-order valence-corrected chi connectivity index (χ2v) is 6.21. The minimum Gasteiger partial charge on any atom is -0.483 e. The predicted octanol–water partition coefficient (Wildman–Crippen LogP) is 2.49. The Bertz CT molecular complexity index is 1190. The molecule has 0 bridgehead atoms. The number of nitrogens with two attached hydrogens (primary N) is 1. The highest BCUT2D eigenvalue weighted by Crippen LogP contribution is 2.29. The van der Waals surface area contributed by atoms with Crippen LogP contribution in [0.4, 0.5) is 5.69 Å². The second kappa shape index (κ2) is 6.87. The van der Waals surface area contributed by atoms with Gasteiger partial charge in [-0.25, -0.2) is 4.79 Å². The number of aromatic amines is 2. The van der Waals surface area contributed by atoms with Gasteiger partial charge in [0.25, 0.3) is 5.91 Å². The third-order valence-electron chi connectivity index (χ3n) is 4.35. The van der Waals surface area contributed by atoms with Gasteiger partial charge in [0.2, 0.25) is 0 Å². The maximum Gasteiger partial charge on any atom is 0.323 e. The smallest absolute Gasteiger partial charge is 0.323 e. The van der Waals surface area contributed by atoms with E-state index in [-0.39, 0.29) is 12.3 Å². The highest BCUT2D eigenvalue weighted by molar-refractivity contribution is 5.88. The lowest BCUT2D eigenvalue weighted by Gasteiger charge is -2.15. The summed E-state index contributed by atoms with van der Waals surface area (Å²) in [6.45, 7) is 0.303. The fourth-order valence-corrected chi connectivity index (χ4v) is 3.12. The summed E-state index contributed by atoms with van der Waals surface area (Å²) in [5.74, 6) is 0.0834. The number of nitrogens with one attached hydrogen (secondary N) is 3.